The van der Waals surface area contributed by atoms with Gasteiger partial charge in [0, 0.05) is 13.5 Å². The lowest BCUT2D eigenvalue weighted by molar-refractivity contribution is -0.141. The maximum atomic E-state index is 11.5. The molecule has 106 valence electrons. The monoisotopic (exact) mass is 261 g/mol. The summed E-state index contributed by atoms with van der Waals surface area (Å²) >= 11 is 0. The zero-order valence-corrected chi connectivity index (χ0v) is 11.9. The molecule has 0 aliphatic rings. The van der Waals surface area contributed by atoms with Crippen LogP contribution in [0.15, 0.2) is 0 Å². The summed E-state index contributed by atoms with van der Waals surface area (Å²) in [6, 6.07) is -1.05. The van der Waals surface area contributed by atoms with Crippen molar-refractivity contribution in [1.29, 1.82) is 0 Å². The molecule has 0 rings (SSSR count). The van der Waals surface area contributed by atoms with Gasteiger partial charge in [0.1, 0.15) is 11.6 Å². The molecule has 0 fully saturated rings. The van der Waals surface area contributed by atoms with Gasteiger partial charge in [0.2, 0.25) is 0 Å². The van der Waals surface area contributed by atoms with Gasteiger partial charge in [-0.05, 0) is 34.6 Å². The van der Waals surface area contributed by atoms with E-state index in [0.717, 1.165) is 0 Å². The lowest BCUT2D eigenvalue weighted by Gasteiger charge is -2.27. The maximum absolute atomic E-state index is 11.5. The highest BCUT2D eigenvalue weighted by atomic mass is 16.6. The van der Waals surface area contributed by atoms with E-state index in [-0.39, 0.29) is 6.42 Å². The highest BCUT2D eigenvalue weighted by Gasteiger charge is 2.30. The van der Waals surface area contributed by atoms with Crippen LogP contribution in [-0.4, -0.2) is 41.5 Å². The number of amides is 1. The summed E-state index contributed by atoms with van der Waals surface area (Å²) in [5, 5.41) is 11.4. The average Bonchev–Trinajstić information content (AvgIpc) is 2.13. The van der Waals surface area contributed by atoms with Crippen molar-refractivity contribution in [3.05, 3.63) is 0 Å². The summed E-state index contributed by atoms with van der Waals surface area (Å²) in [4.78, 5) is 22.6. The Bertz CT molecular complexity index is 306. The molecule has 0 aromatic rings. The van der Waals surface area contributed by atoms with Crippen LogP contribution >= 0.6 is 0 Å². The number of alkyl carbamates (subject to hydrolysis) is 1. The van der Waals surface area contributed by atoms with Crippen molar-refractivity contribution >= 4 is 12.1 Å². The Hall–Kier alpha value is -1.30. The zero-order chi connectivity index (χ0) is 14.6. The van der Waals surface area contributed by atoms with Gasteiger partial charge in [-0.25, -0.2) is 9.59 Å². The van der Waals surface area contributed by atoms with Crippen molar-refractivity contribution in [2.75, 3.05) is 7.11 Å². The van der Waals surface area contributed by atoms with Crippen molar-refractivity contribution in [3.8, 4) is 0 Å². The predicted octanol–water partition coefficient (Wildman–Crippen LogP) is 1.78. The van der Waals surface area contributed by atoms with Gasteiger partial charge in [-0.1, -0.05) is 0 Å². The van der Waals surface area contributed by atoms with Crippen LogP contribution in [0, 0.1) is 0 Å². The van der Waals surface area contributed by atoms with Crippen LogP contribution in [-0.2, 0) is 14.3 Å². The molecule has 0 spiro atoms. The van der Waals surface area contributed by atoms with Crippen LogP contribution in [0.2, 0.25) is 0 Å². The second-order valence-electron chi connectivity index (χ2n) is 5.70. The summed E-state index contributed by atoms with van der Waals surface area (Å²) in [7, 11) is 1.49. The number of hydrogen-bond donors (Lipinski definition) is 2. The minimum Gasteiger partial charge on any atom is -0.480 e. The van der Waals surface area contributed by atoms with Gasteiger partial charge in [-0.3, -0.25) is 0 Å². The number of ether oxygens (including phenoxy) is 2. The first-order chi connectivity index (χ1) is 7.97. The minimum atomic E-state index is -1.12. The first-order valence-corrected chi connectivity index (χ1v) is 5.74. The Morgan fingerprint density at radius 3 is 2.06 bits per heavy atom. The molecule has 0 radical (unpaired) electrons. The Kier molecular flexibility index (Phi) is 5.60. The molecule has 0 heterocycles. The SMILES string of the molecule is COC(C)(C)CC(NC(=O)OC(C)(C)C)C(=O)O. The number of methoxy groups -OCH3 is 1. The molecule has 2 N–H and O–H groups in total. The fraction of sp³-hybridized carbons (Fsp3) is 0.833. The van der Waals surface area contributed by atoms with E-state index in [1.807, 2.05) is 0 Å². The fourth-order valence-corrected chi connectivity index (χ4v) is 1.22. The highest BCUT2D eigenvalue weighted by molar-refractivity contribution is 5.80. The summed E-state index contributed by atoms with van der Waals surface area (Å²) in [5.74, 6) is -1.12. The molecule has 1 unspecified atom stereocenters. The predicted molar refractivity (Wildman–Crippen MR) is 66.5 cm³/mol. The third kappa shape index (κ3) is 7.11. The molecule has 0 bridgehead atoms. The normalized spacial score (nSPS) is 13.9. The van der Waals surface area contributed by atoms with Gasteiger partial charge in [0.15, 0.2) is 0 Å². The lowest BCUT2D eigenvalue weighted by Crippen LogP contribution is -2.47. The van der Waals surface area contributed by atoms with Crippen molar-refractivity contribution < 1.29 is 24.2 Å². The van der Waals surface area contributed by atoms with Crippen LogP contribution in [0.1, 0.15) is 41.0 Å². The fourth-order valence-electron chi connectivity index (χ4n) is 1.22. The second kappa shape index (κ2) is 6.04. The molecule has 0 aromatic carbocycles. The number of carbonyl (C=O) groups excluding carboxylic acids is 1. The van der Waals surface area contributed by atoms with Crippen LogP contribution in [0.25, 0.3) is 0 Å². The van der Waals surface area contributed by atoms with E-state index in [2.05, 4.69) is 5.32 Å². The summed E-state index contributed by atoms with van der Waals surface area (Å²) in [6.45, 7) is 8.63. The standard InChI is InChI=1S/C12H23NO5/c1-11(2,3)18-10(16)13-8(9(14)15)7-12(4,5)17-6/h8H,7H2,1-6H3,(H,13,16)(H,14,15). The number of rotatable bonds is 5. The van der Waals surface area contributed by atoms with Gasteiger partial charge in [-0.2, -0.15) is 0 Å². The molecule has 1 atom stereocenters. The molecule has 0 saturated heterocycles. The van der Waals surface area contributed by atoms with Crippen molar-refractivity contribution in [2.45, 2.75) is 58.3 Å². The molecule has 1 amide bonds. The average molecular weight is 261 g/mol. The molecule has 0 aliphatic carbocycles. The molecular weight excluding hydrogens is 238 g/mol. The Balaban J connectivity index is 4.56. The van der Waals surface area contributed by atoms with Gasteiger partial charge in [-0.15, -0.1) is 0 Å². The second-order valence-corrected chi connectivity index (χ2v) is 5.70. The van der Waals surface area contributed by atoms with Crippen LogP contribution in [0.3, 0.4) is 0 Å². The molecule has 6 nitrogen and oxygen atoms in total. The quantitative estimate of drug-likeness (QED) is 0.788. The summed E-state index contributed by atoms with van der Waals surface area (Å²) in [5.41, 5.74) is -1.30. The summed E-state index contributed by atoms with van der Waals surface area (Å²) < 4.78 is 10.2. The van der Waals surface area contributed by atoms with E-state index in [1.54, 1.807) is 34.6 Å². The van der Waals surface area contributed by atoms with Gasteiger partial charge in [0.05, 0.1) is 5.60 Å². The minimum absolute atomic E-state index is 0.151. The smallest absolute Gasteiger partial charge is 0.408 e. The van der Waals surface area contributed by atoms with Crippen LogP contribution in [0.4, 0.5) is 4.79 Å². The topological polar surface area (TPSA) is 84.9 Å². The first-order valence-electron chi connectivity index (χ1n) is 5.74. The molecule has 0 aliphatic heterocycles. The molecule has 0 aromatic heterocycles. The van der Waals surface area contributed by atoms with Crippen molar-refractivity contribution in [2.24, 2.45) is 0 Å². The largest absolute Gasteiger partial charge is 0.480 e. The number of nitrogens with one attached hydrogen (secondary N) is 1. The molecule has 18 heavy (non-hydrogen) atoms. The van der Waals surface area contributed by atoms with Gasteiger partial charge in [0.25, 0.3) is 0 Å². The first kappa shape index (κ1) is 16.7. The van der Waals surface area contributed by atoms with E-state index >= 15 is 0 Å². The van der Waals surface area contributed by atoms with Crippen molar-refractivity contribution in [3.63, 3.8) is 0 Å². The van der Waals surface area contributed by atoms with Crippen LogP contribution in [0.5, 0.6) is 0 Å². The number of carboxylic acids is 1. The molecule has 0 saturated carbocycles. The maximum Gasteiger partial charge on any atom is 0.408 e. The van der Waals surface area contributed by atoms with Gasteiger partial charge >= 0.3 is 12.1 Å². The zero-order valence-electron chi connectivity index (χ0n) is 11.9. The van der Waals surface area contributed by atoms with E-state index in [0.29, 0.717) is 0 Å². The van der Waals surface area contributed by atoms with Crippen LogP contribution < -0.4 is 5.32 Å². The third-order valence-electron chi connectivity index (χ3n) is 2.24. The number of hydrogen-bond acceptors (Lipinski definition) is 4. The van der Waals surface area contributed by atoms with E-state index in [9.17, 15) is 9.59 Å². The van der Waals surface area contributed by atoms with Crippen molar-refractivity contribution in [1.82, 2.24) is 5.32 Å². The Morgan fingerprint density at radius 2 is 1.72 bits per heavy atom. The van der Waals surface area contributed by atoms with E-state index in [1.165, 1.54) is 7.11 Å². The summed E-state index contributed by atoms with van der Waals surface area (Å²) in [6.07, 6.45) is -0.597. The van der Waals surface area contributed by atoms with E-state index in [4.69, 9.17) is 14.6 Å². The molecular formula is C12H23NO5. The Morgan fingerprint density at radius 1 is 1.22 bits per heavy atom. The van der Waals surface area contributed by atoms with E-state index < -0.39 is 29.3 Å². The highest BCUT2D eigenvalue weighted by Crippen LogP contribution is 2.16. The van der Waals surface area contributed by atoms with Gasteiger partial charge < -0.3 is 19.9 Å². The Labute approximate surface area is 108 Å². The number of aliphatic carboxylic acids is 1. The number of carbonyl (C=O) groups is 2. The molecule has 6 heteroatoms. The number of carboxylic acid groups (broad SMARTS) is 1. The third-order valence-corrected chi connectivity index (χ3v) is 2.24. The lowest BCUT2D eigenvalue weighted by atomic mass is 9.99.